The standard InChI is InChI=1S/C18H24N4O2S/c23-18(20-6-3-16-2-1-9-25-16)17-12-21(14-4-7-24-8-5-14)11-15-10-19-13-22(15)17/h1-2,9-10,13-14,17H,3-8,11-12H2,(H,20,23). The van der Waals surface area contributed by atoms with Crippen LogP contribution in [-0.2, 0) is 22.5 Å². The summed E-state index contributed by atoms with van der Waals surface area (Å²) in [6.45, 7) is 3.93. The van der Waals surface area contributed by atoms with Crippen molar-refractivity contribution in [2.24, 2.45) is 0 Å². The molecule has 0 aromatic carbocycles. The predicted molar refractivity (Wildman–Crippen MR) is 96.5 cm³/mol. The topological polar surface area (TPSA) is 59.4 Å². The fraction of sp³-hybridized carbons (Fsp3) is 0.556. The van der Waals surface area contributed by atoms with Crippen LogP contribution in [0.15, 0.2) is 30.0 Å². The number of amides is 1. The lowest BCUT2D eigenvalue weighted by Crippen LogP contribution is -2.49. The van der Waals surface area contributed by atoms with Crippen molar-refractivity contribution in [3.8, 4) is 0 Å². The summed E-state index contributed by atoms with van der Waals surface area (Å²) in [7, 11) is 0. The number of thiophene rings is 1. The van der Waals surface area contributed by atoms with Crippen molar-refractivity contribution >= 4 is 17.2 Å². The van der Waals surface area contributed by atoms with Gasteiger partial charge in [-0.2, -0.15) is 0 Å². The van der Waals surface area contributed by atoms with E-state index < -0.39 is 0 Å². The Bertz CT molecular complexity index is 694. The van der Waals surface area contributed by atoms with Crippen molar-refractivity contribution in [1.29, 1.82) is 0 Å². The van der Waals surface area contributed by atoms with Crippen LogP contribution in [0, 0.1) is 0 Å². The number of rotatable bonds is 5. The SMILES string of the molecule is O=C(NCCc1cccs1)C1CN(C2CCOCC2)Cc2cncn21. The Hall–Kier alpha value is -1.70. The zero-order chi connectivity index (χ0) is 17.1. The molecule has 0 spiro atoms. The predicted octanol–water partition coefficient (Wildman–Crippen LogP) is 1.84. The van der Waals surface area contributed by atoms with E-state index in [1.54, 1.807) is 17.7 Å². The molecule has 1 fully saturated rings. The van der Waals surface area contributed by atoms with Crippen molar-refractivity contribution in [2.75, 3.05) is 26.3 Å². The summed E-state index contributed by atoms with van der Waals surface area (Å²) in [5.74, 6) is 0.0903. The van der Waals surface area contributed by atoms with E-state index in [4.69, 9.17) is 4.74 Å². The lowest BCUT2D eigenvalue weighted by atomic mass is 10.0. The fourth-order valence-corrected chi connectivity index (χ4v) is 4.45. The second-order valence-electron chi connectivity index (χ2n) is 6.70. The zero-order valence-corrected chi connectivity index (χ0v) is 15.1. The quantitative estimate of drug-likeness (QED) is 0.884. The van der Waals surface area contributed by atoms with E-state index >= 15 is 0 Å². The van der Waals surface area contributed by atoms with Gasteiger partial charge in [0.05, 0.1) is 12.0 Å². The number of fused-ring (bicyclic) bond motifs is 1. The summed E-state index contributed by atoms with van der Waals surface area (Å²) >= 11 is 1.73. The van der Waals surface area contributed by atoms with Gasteiger partial charge in [-0.25, -0.2) is 4.98 Å². The molecule has 0 aliphatic carbocycles. The van der Waals surface area contributed by atoms with E-state index in [1.165, 1.54) is 4.88 Å². The van der Waals surface area contributed by atoms with Crippen LogP contribution in [0.25, 0.3) is 0 Å². The highest BCUT2D eigenvalue weighted by Gasteiger charge is 2.33. The molecule has 2 aromatic rings. The van der Waals surface area contributed by atoms with Crippen molar-refractivity contribution in [3.05, 3.63) is 40.6 Å². The Balaban J connectivity index is 1.41. The Kier molecular flexibility index (Phi) is 5.14. The van der Waals surface area contributed by atoms with Crippen molar-refractivity contribution < 1.29 is 9.53 Å². The van der Waals surface area contributed by atoms with E-state index in [0.717, 1.165) is 51.3 Å². The van der Waals surface area contributed by atoms with Crippen LogP contribution >= 0.6 is 11.3 Å². The Morgan fingerprint density at radius 1 is 1.40 bits per heavy atom. The monoisotopic (exact) mass is 360 g/mol. The first-order valence-corrected chi connectivity index (χ1v) is 9.82. The second kappa shape index (κ2) is 7.68. The molecule has 2 aliphatic heterocycles. The largest absolute Gasteiger partial charge is 0.381 e. The third kappa shape index (κ3) is 3.78. The first kappa shape index (κ1) is 16.8. The number of carbonyl (C=O) groups excluding carboxylic acids is 1. The molecule has 0 bridgehead atoms. The van der Waals surface area contributed by atoms with Crippen LogP contribution in [0.5, 0.6) is 0 Å². The van der Waals surface area contributed by atoms with E-state index in [2.05, 4.69) is 26.6 Å². The van der Waals surface area contributed by atoms with Gasteiger partial charge in [0.25, 0.3) is 0 Å². The maximum Gasteiger partial charge on any atom is 0.244 e. The fourth-order valence-electron chi connectivity index (χ4n) is 3.74. The molecule has 1 unspecified atom stereocenters. The molecule has 7 heteroatoms. The smallest absolute Gasteiger partial charge is 0.244 e. The average Bonchev–Trinajstić information content (AvgIpc) is 3.33. The molecule has 2 aromatic heterocycles. The Morgan fingerprint density at radius 2 is 2.28 bits per heavy atom. The van der Waals surface area contributed by atoms with Crippen LogP contribution in [0.4, 0.5) is 0 Å². The zero-order valence-electron chi connectivity index (χ0n) is 14.3. The highest BCUT2D eigenvalue weighted by atomic mass is 32.1. The maximum absolute atomic E-state index is 12.8. The molecule has 4 heterocycles. The highest BCUT2D eigenvalue weighted by molar-refractivity contribution is 7.09. The van der Waals surface area contributed by atoms with Gasteiger partial charge in [-0.1, -0.05) is 6.07 Å². The number of imidazole rings is 1. The van der Waals surface area contributed by atoms with Crippen molar-refractivity contribution in [3.63, 3.8) is 0 Å². The van der Waals surface area contributed by atoms with Gasteiger partial charge in [0.15, 0.2) is 0 Å². The van der Waals surface area contributed by atoms with E-state index in [-0.39, 0.29) is 11.9 Å². The molecule has 2 aliphatic rings. The molecule has 25 heavy (non-hydrogen) atoms. The normalized spacial score (nSPS) is 21.8. The lowest BCUT2D eigenvalue weighted by Gasteiger charge is -2.40. The van der Waals surface area contributed by atoms with Crippen molar-refractivity contribution in [1.82, 2.24) is 19.8 Å². The summed E-state index contributed by atoms with van der Waals surface area (Å²) in [6.07, 6.45) is 6.65. The molecule has 4 rings (SSSR count). The van der Waals surface area contributed by atoms with E-state index in [1.807, 2.05) is 16.8 Å². The third-order valence-corrected chi connectivity index (χ3v) is 6.05. The molecule has 134 valence electrons. The number of carbonyl (C=O) groups is 1. The number of hydrogen-bond donors (Lipinski definition) is 1. The number of nitrogens with one attached hydrogen (secondary N) is 1. The summed E-state index contributed by atoms with van der Waals surface area (Å²) in [4.78, 5) is 20.8. The number of ether oxygens (including phenoxy) is 1. The summed E-state index contributed by atoms with van der Waals surface area (Å²) in [5.41, 5.74) is 1.12. The number of hydrogen-bond acceptors (Lipinski definition) is 5. The molecule has 0 radical (unpaired) electrons. The minimum absolute atomic E-state index is 0.0903. The maximum atomic E-state index is 12.8. The van der Waals surface area contributed by atoms with E-state index in [0.29, 0.717) is 12.6 Å². The van der Waals surface area contributed by atoms with Crippen LogP contribution in [-0.4, -0.2) is 52.7 Å². The molecule has 0 saturated carbocycles. The molecule has 1 saturated heterocycles. The molecule has 1 amide bonds. The Morgan fingerprint density at radius 3 is 3.08 bits per heavy atom. The summed E-state index contributed by atoms with van der Waals surface area (Å²) in [5, 5.41) is 5.18. The third-order valence-electron chi connectivity index (χ3n) is 5.12. The Labute approximate surface area is 151 Å². The number of nitrogens with zero attached hydrogens (tertiary/aromatic N) is 3. The summed E-state index contributed by atoms with van der Waals surface area (Å²) < 4.78 is 7.52. The van der Waals surface area contributed by atoms with Gasteiger partial charge in [-0.05, 0) is 30.7 Å². The molecular formula is C18H24N4O2S. The van der Waals surface area contributed by atoms with Gasteiger partial charge in [-0.15, -0.1) is 11.3 Å². The lowest BCUT2D eigenvalue weighted by molar-refractivity contribution is -0.126. The van der Waals surface area contributed by atoms with Gasteiger partial charge in [0.2, 0.25) is 5.91 Å². The van der Waals surface area contributed by atoms with Gasteiger partial charge < -0.3 is 14.6 Å². The summed E-state index contributed by atoms with van der Waals surface area (Å²) in [6, 6.07) is 4.46. The van der Waals surface area contributed by atoms with Gasteiger partial charge in [0.1, 0.15) is 6.04 Å². The van der Waals surface area contributed by atoms with Crippen LogP contribution in [0.3, 0.4) is 0 Å². The molecule has 1 N–H and O–H groups in total. The van der Waals surface area contributed by atoms with Crippen LogP contribution < -0.4 is 5.32 Å². The minimum atomic E-state index is -0.197. The van der Waals surface area contributed by atoms with Crippen LogP contribution in [0.2, 0.25) is 0 Å². The van der Waals surface area contributed by atoms with Gasteiger partial charge in [-0.3, -0.25) is 9.69 Å². The van der Waals surface area contributed by atoms with Crippen molar-refractivity contribution in [2.45, 2.75) is 37.9 Å². The average molecular weight is 360 g/mol. The molecule has 1 atom stereocenters. The second-order valence-corrected chi connectivity index (χ2v) is 7.73. The molecule has 6 nitrogen and oxygen atoms in total. The van der Waals surface area contributed by atoms with Crippen LogP contribution in [0.1, 0.15) is 29.5 Å². The molecular weight excluding hydrogens is 336 g/mol. The van der Waals surface area contributed by atoms with Gasteiger partial charge >= 0.3 is 0 Å². The minimum Gasteiger partial charge on any atom is -0.381 e. The van der Waals surface area contributed by atoms with E-state index in [9.17, 15) is 4.79 Å². The first-order chi connectivity index (χ1) is 12.3. The number of aromatic nitrogens is 2. The van der Waals surface area contributed by atoms with Gasteiger partial charge in [0, 0.05) is 50.0 Å². The highest BCUT2D eigenvalue weighted by Crippen LogP contribution is 2.26. The first-order valence-electron chi connectivity index (χ1n) is 8.94.